The Labute approximate surface area is 191 Å². The minimum atomic E-state index is -0.309. The van der Waals surface area contributed by atoms with Crippen LogP contribution in [0, 0.1) is 0 Å². The van der Waals surface area contributed by atoms with E-state index in [2.05, 4.69) is 10.3 Å². The Morgan fingerprint density at radius 1 is 0.933 bits per heavy atom. The summed E-state index contributed by atoms with van der Waals surface area (Å²) in [4.78, 5) is 16.6. The first-order valence-electron chi connectivity index (χ1n) is 8.73. The van der Waals surface area contributed by atoms with E-state index in [0.29, 0.717) is 31.7 Å². The van der Waals surface area contributed by atoms with Gasteiger partial charge in [-0.05, 0) is 48.5 Å². The predicted molar refractivity (Wildman–Crippen MR) is 124 cm³/mol. The van der Waals surface area contributed by atoms with Crippen LogP contribution in [-0.4, -0.2) is 10.9 Å². The normalized spacial score (nSPS) is 11.2. The number of nitrogens with zero attached hydrogens (tertiary/aromatic N) is 1. The lowest BCUT2D eigenvalue weighted by Crippen LogP contribution is -2.07. The molecule has 1 amide bonds. The second kappa shape index (κ2) is 9.06. The summed E-state index contributed by atoms with van der Waals surface area (Å²) in [5.41, 5.74) is 2.46. The minimum Gasteiger partial charge on any atom is -0.457 e. The van der Waals surface area contributed by atoms with E-state index < -0.39 is 0 Å². The number of thiazole rings is 1. The Morgan fingerprint density at radius 3 is 2.40 bits per heavy atom. The predicted octanol–water partition coefficient (Wildman–Crippen LogP) is 7.68. The number of carbonyl (C=O) groups is 1. The number of rotatable bonds is 5. The van der Waals surface area contributed by atoms with Crippen LogP contribution in [0.1, 0.15) is 5.76 Å². The van der Waals surface area contributed by atoms with Gasteiger partial charge in [-0.2, -0.15) is 0 Å². The highest BCUT2D eigenvalue weighted by molar-refractivity contribution is 7.14. The number of amides is 1. The molecule has 2 aromatic carbocycles. The van der Waals surface area contributed by atoms with E-state index in [-0.39, 0.29) is 5.91 Å². The zero-order valence-electron chi connectivity index (χ0n) is 15.2. The zero-order valence-corrected chi connectivity index (χ0v) is 18.3. The second-order valence-electron chi connectivity index (χ2n) is 6.23. The van der Waals surface area contributed by atoms with E-state index in [4.69, 9.17) is 39.2 Å². The summed E-state index contributed by atoms with van der Waals surface area (Å²) in [6, 6.07) is 16.1. The number of hydrogen-bond acceptors (Lipinski definition) is 4. The Hall–Kier alpha value is -2.57. The van der Waals surface area contributed by atoms with Crippen molar-refractivity contribution in [2.45, 2.75) is 0 Å². The van der Waals surface area contributed by atoms with Gasteiger partial charge in [-0.25, -0.2) is 4.98 Å². The van der Waals surface area contributed by atoms with Crippen molar-refractivity contribution in [1.82, 2.24) is 4.98 Å². The molecule has 2 aromatic heterocycles. The highest BCUT2D eigenvalue weighted by Gasteiger charge is 2.08. The van der Waals surface area contributed by atoms with E-state index in [0.717, 1.165) is 16.8 Å². The lowest BCUT2D eigenvalue weighted by atomic mass is 10.2. The second-order valence-corrected chi connectivity index (χ2v) is 8.39. The molecule has 0 aliphatic carbocycles. The van der Waals surface area contributed by atoms with Gasteiger partial charge in [0.15, 0.2) is 5.13 Å². The maximum Gasteiger partial charge on any atom is 0.250 e. The van der Waals surface area contributed by atoms with E-state index in [9.17, 15) is 4.79 Å². The van der Waals surface area contributed by atoms with Crippen molar-refractivity contribution in [3.8, 4) is 22.6 Å². The highest BCUT2D eigenvalue weighted by atomic mass is 35.5. The van der Waals surface area contributed by atoms with Crippen LogP contribution >= 0.6 is 46.1 Å². The third-order valence-electron chi connectivity index (χ3n) is 4.05. The first kappa shape index (κ1) is 20.7. The van der Waals surface area contributed by atoms with Crippen LogP contribution in [0.25, 0.3) is 28.7 Å². The summed E-state index contributed by atoms with van der Waals surface area (Å²) in [7, 11) is 0. The zero-order chi connectivity index (χ0) is 21.1. The Balaban J connectivity index is 1.41. The van der Waals surface area contributed by atoms with Gasteiger partial charge in [0.2, 0.25) is 5.91 Å². The van der Waals surface area contributed by atoms with Crippen molar-refractivity contribution >= 4 is 63.3 Å². The third-order valence-corrected chi connectivity index (χ3v) is 5.49. The van der Waals surface area contributed by atoms with Crippen molar-refractivity contribution in [2.24, 2.45) is 0 Å². The molecule has 4 rings (SSSR count). The van der Waals surface area contributed by atoms with Gasteiger partial charge in [0, 0.05) is 37.7 Å². The highest BCUT2D eigenvalue weighted by Crippen LogP contribution is 2.29. The summed E-state index contributed by atoms with van der Waals surface area (Å²) in [5.74, 6) is 0.819. The molecule has 0 saturated heterocycles. The van der Waals surface area contributed by atoms with Gasteiger partial charge in [0.25, 0.3) is 0 Å². The van der Waals surface area contributed by atoms with Gasteiger partial charge >= 0.3 is 0 Å². The third kappa shape index (κ3) is 5.12. The van der Waals surface area contributed by atoms with Crippen LogP contribution in [0.15, 0.2) is 70.5 Å². The Morgan fingerprint density at radius 2 is 1.67 bits per heavy atom. The molecule has 0 bridgehead atoms. The van der Waals surface area contributed by atoms with E-state index >= 15 is 0 Å². The number of aromatic nitrogens is 1. The maximum absolute atomic E-state index is 12.2. The quantitative estimate of drug-likeness (QED) is 0.301. The molecule has 0 radical (unpaired) electrons. The van der Waals surface area contributed by atoms with E-state index in [1.165, 1.54) is 17.4 Å². The van der Waals surface area contributed by atoms with Gasteiger partial charge in [0.05, 0.1) is 5.69 Å². The Kier molecular flexibility index (Phi) is 6.25. The molecule has 2 heterocycles. The smallest absolute Gasteiger partial charge is 0.250 e. The molecule has 0 atom stereocenters. The lowest BCUT2D eigenvalue weighted by Gasteiger charge is -1.99. The molecule has 0 aliphatic rings. The number of benzene rings is 2. The van der Waals surface area contributed by atoms with Crippen LogP contribution in [0.5, 0.6) is 0 Å². The number of halogens is 3. The monoisotopic (exact) mass is 474 g/mol. The van der Waals surface area contributed by atoms with Crippen molar-refractivity contribution < 1.29 is 9.21 Å². The molecule has 4 nitrogen and oxygen atoms in total. The standard InChI is InChI=1S/C22H13Cl3N2O2S/c23-15-3-1-13(2-4-15)19-12-30-22(26-19)27-21(28)8-6-18-5-7-20(29-18)14-9-16(24)11-17(25)10-14/h1-12H,(H,26,27,28)/b8-6+. The number of nitrogens with one attached hydrogen (secondary N) is 1. The molecule has 30 heavy (non-hydrogen) atoms. The summed E-state index contributed by atoms with van der Waals surface area (Å²) in [6.45, 7) is 0. The van der Waals surface area contributed by atoms with Crippen LogP contribution in [0.4, 0.5) is 5.13 Å². The van der Waals surface area contributed by atoms with Gasteiger partial charge in [0.1, 0.15) is 11.5 Å². The number of carbonyl (C=O) groups excluding carboxylic acids is 1. The van der Waals surface area contributed by atoms with Crippen LogP contribution in [-0.2, 0) is 4.79 Å². The average molecular weight is 476 g/mol. The van der Waals surface area contributed by atoms with Crippen molar-refractivity contribution in [1.29, 1.82) is 0 Å². The van der Waals surface area contributed by atoms with Gasteiger partial charge in [-0.1, -0.05) is 46.9 Å². The fraction of sp³-hybridized carbons (Fsp3) is 0. The first-order chi connectivity index (χ1) is 14.5. The minimum absolute atomic E-state index is 0.309. The van der Waals surface area contributed by atoms with Crippen LogP contribution in [0.2, 0.25) is 15.1 Å². The molecule has 1 N–H and O–H groups in total. The molecule has 0 unspecified atom stereocenters. The molecule has 150 valence electrons. The van der Waals surface area contributed by atoms with Gasteiger partial charge < -0.3 is 4.42 Å². The Bertz CT molecular complexity index is 1210. The number of hydrogen-bond donors (Lipinski definition) is 1. The molecule has 0 spiro atoms. The van der Waals surface area contributed by atoms with E-state index in [1.54, 1.807) is 48.5 Å². The molecular formula is C22H13Cl3N2O2S. The topological polar surface area (TPSA) is 55.1 Å². The number of anilines is 1. The summed E-state index contributed by atoms with van der Waals surface area (Å²) >= 11 is 19.3. The van der Waals surface area contributed by atoms with Crippen molar-refractivity contribution in [2.75, 3.05) is 5.32 Å². The molecular weight excluding hydrogens is 463 g/mol. The average Bonchev–Trinajstić information content (AvgIpc) is 3.36. The van der Waals surface area contributed by atoms with Crippen molar-refractivity contribution in [3.63, 3.8) is 0 Å². The van der Waals surface area contributed by atoms with Gasteiger partial charge in [-0.15, -0.1) is 11.3 Å². The SMILES string of the molecule is O=C(/C=C/c1ccc(-c2cc(Cl)cc(Cl)c2)o1)Nc1nc(-c2ccc(Cl)cc2)cs1. The molecule has 0 aliphatic heterocycles. The molecule has 0 saturated carbocycles. The molecule has 0 fully saturated rings. The first-order valence-corrected chi connectivity index (χ1v) is 10.7. The van der Waals surface area contributed by atoms with Gasteiger partial charge in [-0.3, -0.25) is 10.1 Å². The molecule has 8 heteroatoms. The molecule has 4 aromatic rings. The summed E-state index contributed by atoms with van der Waals surface area (Å²) in [5, 5.41) is 6.82. The largest absolute Gasteiger partial charge is 0.457 e. The van der Waals surface area contributed by atoms with E-state index in [1.807, 2.05) is 17.5 Å². The maximum atomic E-state index is 12.2. The summed E-state index contributed by atoms with van der Waals surface area (Å²) < 4.78 is 5.74. The summed E-state index contributed by atoms with van der Waals surface area (Å²) in [6.07, 6.45) is 2.97. The fourth-order valence-electron chi connectivity index (χ4n) is 2.68. The lowest BCUT2D eigenvalue weighted by molar-refractivity contribution is -0.111. The fourth-order valence-corrected chi connectivity index (χ4v) is 4.06. The van der Waals surface area contributed by atoms with Crippen LogP contribution < -0.4 is 5.32 Å². The number of furan rings is 1. The van der Waals surface area contributed by atoms with Crippen molar-refractivity contribution in [3.05, 3.63) is 86.9 Å². The van der Waals surface area contributed by atoms with Crippen LogP contribution in [0.3, 0.4) is 0 Å².